The lowest BCUT2D eigenvalue weighted by molar-refractivity contribution is -0.117. The normalized spacial score (nSPS) is 20.8. The maximum Gasteiger partial charge on any atom is 0.256 e. The number of anilines is 1. The minimum absolute atomic E-state index is 0.0899. The van der Waals surface area contributed by atoms with E-state index >= 15 is 0 Å². The van der Waals surface area contributed by atoms with Crippen molar-refractivity contribution in [1.29, 1.82) is 0 Å². The Morgan fingerprint density at radius 2 is 1.66 bits per heavy atom. The van der Waals surface area contributed by atoms with Gasteiger partial charge in [0.2, 0.25) is 0 Å². The van der Waals surface area contributed by atoms with Crippen LogP contribution >= 0.6 is 0 Å². The first-order valence-electron chi connectivity index (χ1n) is 14.1. The first-order chi connectivity index (χ1) is 19.8. The molecule has 0 spiro atoms. The lowest BCUT2D eigenvalue weighted by Gasteiger charge is -2.21. The molecule has 206 valence electrons. The molecule has 3 aromatic rings. The Labute approximate surface area is 240 Å². The molecule has 3 amide bonds. The van der Waals surface area contributed by atoms with Crippen molar-refractivity contribution in [1.82, 2.24) is 10.6 Å². The van der Waals surface area contributed by atoms with Gasteiger partial charge in [0.15, 0.2) is 0 Å². The predicted molar refractivity (Wildman–Crippen MR) is 161 cm³/mol. The fraction of sp³-hybridized carbons (Fsp3) is 0.229. The molecular weight excluding hydrogens is 510 g/mol. The molecule has 0 radical (unpaired) electrons. The van der Waals surface area contributed by atoms with Crippen LogP contribution < -0.4 is 16.0 Å². The Balaban J connectivity index is 1.27. The minimum atomic E-state index is -0.200. The highest BCUT2D eigenvalue weighted by Gasteiger charge is 2.46. The molecule has 41 heavy (non-hydrogen) atoms. The monoisotopic (exact) mass is 543 g/mol. The van der Waals surface area contributed by atoms with Gasteiger partial charge >= 0.3 is 0 Å². The molecule has 6 nitrogen and oxygen atoms in total. The molecule has 6 rings (SSSR count). The summed E-state index contributed by atoms with van der Waals surface area (Å²) in [7, 11) is 0. The summed E-state index contributed by atoms with van der Waals surface area (Å²) in [4.78, 5) is 39.6. The summed E-state index contributed by atoms with van der Waals surface area (Å²) < 4.78 is 0. The molecule has 2 aliphatic carbocycles. The molecule has 2 unspecified atom stereocenters. The Bertz CT molecular complexity index is 1650. The Morgan fingerprint density at radius 1 is 0.951 bits per heavy atom. The van der Waals surface area contributed by atoms with E-state index in [1.807, 2.05) is 80.6 Å². The summed E-state index contributed by atoms with van der Waals surface area (Å²) in [5.74, 6) is 0.114. The average Bonchev–Trinajstić information content (AvgIpc) is 3.72. The van der Waals surface area contributed by atoms with Crippen molar-refractivity contribution in [2.24, 2.45) is 11.8 Å². The standard InChI is InChI=1S/C35H33N3O3/c1-20-26-17-28(26)27(21(2)32(20)35(41)36-19-23-10-6-4-7-11-23)18-30-29-16-25(14-15-31(29)38-34(30)40)33(39)37-22(3)24-12-8-5-9-13-24/h4-16,18,22,26,28H,17,19H2,1-3H3,(H,36,41)(H,37,39)(H,38,40)/b30-18-/t22-,26?,28?/m1/s1. The fourth-order valence-corrected chi connectivity index (χ4v) is 6.09. The van der Waals surface area contributed by atoms with E-state index in [2.05, 4.69) is 22.9 Å². The van der Waals surface area contributed by atoms with Crippen molar-refractivity contribution in [2.45, 2.75) is 39.8 Å². The highest BCUT2D eigenvalue weighted by molar-refractivity contribution is 6.32. The van der Waals surface area contributed by atoms with Gasteiger partial charge in [-0.3, -0.25) is 14.4 Å². The second-order valence-electron chi connectivity index (χ2n) is 11.1. The van der Waals surface area contributed by atoms with Crippen LogP contribution in [-0.2, 0) is 16.1 Å². The third-order valence-electron chi connectivity index (χ3n) is 8.48. The third kappa shape index (κ3) is 5.13. The molecule has 0 bridgehead atoms. The highest BCUT2D eigenvalue weighted by Crippen LogP contribution is 2.56. The zero-order valence-corrected chi connectivity index (χ0v) is 23.5. The number of allylic oxidation sites excluding steroid dienone is 3. The maximum absolute atomic E-state index is 13.4. The van der Waals surface area contributed by atoms with Gasteiger partial charge in [-0.15, -0.1) is 0 Å². The summed E-state index contributed by atoms with van der Waals surface area (Å²) >= 11 is 0. The molecule has 1 aliphatic heterocycles. The summed E-state index contributed by atoms with van der Waals surface area (Å²) in [6.07, 6.45) is 2.90. The van der Waals surface area contributed by atoms with Gasteiger partial charge in [0.05, 0.1) is 6.04 Å². The first-order valence-corrected chi connectivity index (χ1v) is 14.1. The average molecular weight is 544 g/mol. The number of carbonyl (C=O) groups is 3. The van der Waals surface area contributed by atoms with Crippen LogP contribution in [0.3, 0.4) is 0 Å². The van der Waals surface area contributed by atoms with Crippen LogP contribution in [-0.4, -0.2) is 17.7 Å². The van der Waals surface area contributed by atoms with E-state index in [1.165, 1.54) is 0 Å². The number of hydrogen-bond donors (Lipinski definition) is 3. The number of rotatable bonds is 7. The molecular formula is C35H33N3O3. The zero-order valence-electron chi connectivity index (χ0n) is 23.5. The van der Waals surface area contributed by atoms with Crippen molar-refractivity contribution >= 4 is 29.0 Å². The lowest BCUT2D eigenvalue weighted by atomic mass is 9.85. The van der Waals surface area contributed by atoms with Crippen LogP contribution in [0.2, 0.25) is 0 Å². The summed E-state index contributed by atoms with van der Waals surface area (Å²) in [5.41, 5.74) is 8.22. The van der Waals surface area contributed by atoms with E-state index in [4.69, 9.17) is 0 Å². The van der Waals surface area contributed by atoms with E-state index in [9.17, 15) is 14.4 Å². The summed E-state index contributed by atoms with van der Waals surface area (Å²) in [5, 5.41) is 9.08. The number of hydrogen-bond acceptors (Lipinski definition) is 3. The maximum atomic E-state index is 13.4. The van der Waals surface area contributed by atoms with E-state index in [1.54, 1.807) is 18.2 Å². The first kappa shape index (κ1) is 26.5. The highest BCUT2D eigenvalue weighted by atomic mass is 16.2. The fourth-order valence-electron chi connectivity index (χ4n) is 6.09. The number of amides is 3. The molecule has 1 heterocycles. The van der Waals surface area contributed by atoms with Gasteiger partial charge in [0.25, 0.3) is 17.7 Å². The van der Waals surface area contributed by atoms with E-state index in [-0.39, 0.29) is 23.8 Å². The van der Waals surface area contributed by atoms with Crippen LogP contribution in [0.1, 0.15) is 60.3 Å². The van der Waals surface area contributed by atoms with Gasteiger partial charge in [0.1, 0.15) is 0 Å². The SMILES string of the molecule is CC1=C(/C=C2\C(=O)Nc3ccc(C(=O)N[C@H](C)c4ccccc4)cc32)C2CC2C(C)=C1C(=O)NCc1ccccc1. The molecule has 0 aromatic heterocycles. The van der Waals surface area contributed by atoms with E-state index in [0.29, 0.717) is 46.3 Å². The Hall–Kier alpha value is -4.71. The van der Waals surface area contributed by atoms with Crippen molar-refractivity contribution < 1.29 is 14.4 Å². The van der Waals surface area contributed by atoms with Gasteiger partial charge in [-0.2, -0.15) is 0 Å². The van der Waals surface area contributed by atoms with Crippen LogP contribution in [0.5, 0.6) is 0 Å². The van der Waals surface area contributed by atoms with Crippen LogP contribution in [0, 0.1) is 11.8 Å². The van der Waals surface area contributed by atoms with Crippen LogP contribution in [0.4, 0.5) is 5.69 Å². The largest absolute Gasteiger partial charge is 0.348 e. The minimum Gasteiger partial charge on any atom is -0.348 e. The van der Waals surface area contributed by atoms with Gasteiger partial charge in [-0.1, -0.05) is 66.2 Å². The molecule has 3 atom stereocenters. The van der Waals surface area contributed by atoms with Crippen molar-refractivity contribution in [2.75, 3.05) is 5.32 Å². The van der Waals surface area contributed by atoms with Crippen molar-refractivity contribution in [3.63, 3.8) is 0 Å². The second-order valence-corrected chi connectivity index (χ2v) is 11.1. The molecule has 0 saturated heterocycles. The van der Waals surface area contributed by atoms with Gasteiger partial charge < -0.3 is 16.0 Å². The Kier molecular flexibility index (Phi) is 6.91. The van der Waals surface area contributed by atoms with Gasteiger partial charge in [-0.05, 0) is 85.6 Å². The molecule has 1 fully saturated rings. The lowest BCUT2D eigenvalue weighted by Crippen LogP contribution is -2.27. The third-order valence-corrected chi connectivity index (χ3v) is 8.48. The number of benzene rings is 3. The van der Waals surface area contributed by atoms with Gasteiger partial charge in [0, 0.05) is 34.5 Å². The topological polar surface area (TPSA) is 87.3 Å². The van der Waals surface area contributed by atoms with E-state index in [0.717, 1.165) is 34.3 Å². The van der Waals surface area contributed by atoms with E-state index < -0.39 is 0 Å². The zero-order chi connectivity index (χ0) is 28.7. The molecule has 3 aliphatic rings. The van der Waals surface area contributed by atoms with Crippen molar-refractivity contribution in [3.05, 3.63) is 129 Å². The molecule has 1 saturated carbocycles. The quantitative estimate of drug-likeness (QED) is 0.314. The number of carbonyl (C=O) groups excluding carboxylic acids is 3. The van der Waals surface area contributed by atoms with Gasteiger partial charge in [-0.25, -0.2) is 0 Å². The summed E-state index contributed by atoms with van der Waals surface area (Å²) in [6, 6.07) is 24.8. The second kappa shape index (κ2) is 10.7. The Morgan fingerprint density at radius 3 is 2.39 bits per heavy atom. The van der Waals surface area contributed by atoms with Crippen LogP contribution in [0.15, 0.2) is 107 Å². The van der Waals surface area contributed by atoms with Crippen LogP contribution in [0.25, 0.3) is 5.57 Å². The van der Waals surface area contributed by atoms with Crippen molar-refractivity contribution in [3.8, 4) is 0 Å². The number of nitrogens with one attached hydrogen (secondary N) is 3. The smallest absolute Gasteiger partial charge is 0.256 e. The summed E-state index contributed by atoms with van der Waals surface area (Å²) in [6.45, 7) is 6.43. The molecule has 6 heteroatoms. The predicted octanol–water partition coefficient (Wildman–Crippen LogP) is 6.11. The molecule has 3 aromatic carbocycles. The number of fused-ring (bicyclic) bond motifs is 2. The molecule has 3 N–H and O–H groups in total.